The van der Waals surface area contributed by atoms with Gasteiger partial charge in [0.15, 0.2) is 0 Å². The Hall–Kier alpha value is -0.760. The molecule has 0 bridgehead atoms. The van der Waals surface area contributed by atoms with E-state index in [9.17, 15) is 0 Å². The minimum Gasteiger partial charge on any atom is -0.472 e. The maximum atomic E-state index is 5.22. The molecular weight excluding hydrogens is 210 g/mol. The summed E-state index contributed by atoms with van der Waals surface area (Å²) in [7, 11) is 0. The van der Waals surface area contributed by atoms with Crippen molar-refractivity contribution in [1.29, 1.82) is 0 Å². The molecule has 17 heavy (non-hydrogen) atoms. The maximum absolute atomic E-state index is 5.22. The third kappa shape index (κ3) is 2.92. The van der Waals surface area contributed by atoms with Gasteiger partial charge in [0.1, 0.15) is 0 Å². The SMILES string of the molecule is c1cc(CC2(CNC3CC3)CCCCC2)co1. The van der Waals surface area contributed by atoms with Crippen LogP contribution in [0.5, 0.6) is 0 Å². The molecule has 0 spiro atoms. The minimum absolute atomic E-state index is 0.505. The number of hydrogen-bond donors (Lipinski definition) is 1. The van der Waals surface area contributed by atoms with E-state index in [-0.39, 0.29) is 0 Å². The second-order valence-corrected chi connectivity index (χ2v) is 6.02. The number of nitrogens with one attached hydrogen (secondary N) is 1. The highest BCUT2D eigenvalue weighted by Gasteiger charge is 2.34. The summed E-state index contributed by atoms with van der Waals surface area (Å²) in [5.41, 5.74) is 1.88. The van der Waals surface area contributed by atoms with Crippen LogP contribution in [0.4, 0.5) is 0 Å². The second-order valence-electron chi connectivity index (χ2n) is 6.02. The van der Waals surface area contributed by atoms with Crippen LogP contribution in [0.15, 0.2) is 23.0 Å². The van der Waals surface area contributed by atoms with Crippen molar-refractivity contribution in [2.24, 2.45) is 5.41 Å². The lowest BCUT2D eigenvalue weighted by Crippen LogP contribution is -2.38. The van der Waals surface area contributed by atoms with E-state index in [0.29, 0.717) is 5.41 Å². The zero-order chi connectivity index (χ0) is 11.6. The summed E-state index contributed by atoms with van der Waals surface area (Å²) in [5, 5.41) is 3.75. The third-order valence-corrected chi connectivity index (χ3v) is 4.42. The summed E-state index contributed by atoms with van der Waals surface area (Å²) < 4.78 is 5.22. The number of rotatable bonds is 5. The lowest BCUT2D eigenvalue weighted by Gasteiger charge is -2.37. The van der Waals surface area contributed by atoms with Gasteiger partial charge in [-0.05, 0) is 49.1 Å². The van der Waals surface area contributed by atoms with Crippen LogP contribution in [0.1, 0.15) is 50.5 Å². The average molecular weight is 233 g/mol. The fraction of sp³-hybridized carbons (Fsp3) is 0.733. The van der Waals surface area contributed by atoms with Crippen molar-refractivity contribution in [3.05, 3.63) is 24.2 Å². The fourth-order valence-electron chi connectivity index (χ4n) is 3.19. The first-order chi connectivity index (χ1) is 8.36. The van der Waals surface area contributed by atoms with E-state index in [0.717, 1.165) is 6.04 Å². The largest absolute Gasteiger partial charge is 0.472 e. The summed E-state index contributed by atoms with van der Waals surface area (Å²) in [5.74, 6) is 0. The van der Waals surface area contributed by atoms with Crippen LogP contribution in [0.25, 0.3) is 0 Å². The molecule has 1 aromatic heterocycles. The molecule has 2 aliphatic carbocycles. The van der Waals surface area contributed by atoms with Crippen molar-refractivity contribution < 1.29 is 4.42 Å². The first kappa shape index (κ1) is 11.3. The fourth-order valence-corrected chi connectivity index (χ4v) is 3.19. The molecule has 0 saturated heterocycles. The van der Waals surface area contributed by atoms with Crippen LogP contribution >= 0.6 is 0 Å². The van der Waals surface area contributed by atoms with Gasteiger partial charge in [-0.2, -0.15) is 0 Å². The Morgan fingerprint density at radius 2 is 2.06 bits per heavy atom. The summed E-state index contributed by atoms with van der Waals surface area (Å²) in [6.07, 6.45) is 14.7. The smallest absolute Gasteiger partial charge is 0.0934 e. The van der Waals surface area contributed by atoms with Crippen molar-refractivity contribution >= 4 is 0 Å². The number of furan rings is 1. The molecule has 0 atom stereocenters. The van der Waals surface area contributed by atoms with Crippen LogP contribution in [0.2, 0.25) is 0 Å². The van der Waals surface area contributed by atoms with Gasteiger partial charge in [0.25, 0.3) is 0 Å². The zero-order valence-electron chi connectivity index (χ0n) is 10.6. The van der Waals surface area contributed by atoms with E-state index in [1.165, 1.54) is 63.5 Å². The van der Waals surface area contributed by atoms with Crippen molar-refractivity contribution in [2.75, 3.05) is 6.54 Å². The van der Waals surface area contributed by atoms with Crippen LogP contribution in [-0.4, -0.2) is 12.6 Å². The third-order valence-electron chi connectivity index (χ3n) is 4.42. The van der Waals surface area contributed by atoms with Gasteiger partial charge in [-0.25, -0.2) is 0 Å². The maximum Gasteiger partial charge on any atom is 0.0934 e. The summed E-state index contributed by atoms with van der Waals surface area (Å²) in [4.78, 5) is 0. The first-order valence-corrected chi connectivity index (χ1v) is 7.11. The van der Waals surface area contributed by atoms with Crippen molar-refractivity contribution in [2.45, 2.75) is 57.4 Å². The molecule has 2 saturated carbocycles. The normalized spacial score (nSPS) is 23.8. The van der Waals surface area contributed by atoms with Crippen LogP contribution < -0.4 is 5.32 Å². The molecule has 0 amide bonds. The Kier molecular flexibility index (Phi) is 3.24. The standard InChI is InChI=1S/C15H23NO/c1-2-7-15(8-3-1,12-16-14-4-5-14)10-13-6-9-17-11-13/h6,9,11,14,16H,1-5,7-8,10,12H2. The predicted octanol–water partition coefficient (Wildman–Crippen LogP) is 3.52. The van der Waals surface area contributed by atoms with E-state index < -0.39 is 0 Å². The van der Waals surface area contributed by atoms with E-state index in [1.807, 2.05) is 6.26 Å². The number of hydrogen-bond acceptors (Lipinski definition) is 2. The van der Waals surface area contributed by atoms with Gasteiger partial charge >= 0.3 is 0 Å². The Labute approximate surface area is 104 Å². The predicted molar refractivity (Wildman–Crippen MR) is 69.0 cm³/mol. The van der Waals surface area contributed by atoms with Gasteiger partial charge in [-0.15, -0.1) is 0 Å². The molecule has 0 aliphatic heterocycles. The van der Waals surface area contributed by atoms with E-state index in [1.54, 1.807) is 6.26 Å². The molecule has 1 N–H and O–H groups in total. The lowest BCUT2D eigenvalue weighted by atomic mass is 9.70. The molecule has 94 valence electrons. The molecule has 0 unspecified atom stereocenters. The van der Waals surface area contributed by atoms with Crippen LogP contribution in [0.3, 0.4) is 0 Å². The zero-order valence-corrected chi connectivity index (χ0v) is 10.6. The molecule has 3 rings (SSSR count). The molecule has 0 radical (unpaired) electrons. The average Bonchev–Trinajstić information content (AvgIpc) is 3.06. The Balaban J connectivity index is 1.65. The van der Waals surface area contributed by atoms with Gasteiger partial charge in [-0.1, -0.05) is 19.3 Å². The second kappa shape index (κ2) is 4.85. The van der Waals surface area contributed by atoms with E-state index >= 15 is 0 Å². The summed E-state index contributed by atoms with van der Waals surface area (Å²) in [6.45, 7) is 1.21. The van der Waals surface area contributed by atoms with Crippen LogP contribution in [-0.2, 0) is 6.42 Å². The molecule has 2 heteroatoms. The summed E-state index contributed by atoms with van der Waals surface area (Å²) in [6, 6.07) is 2.96. The highest BCUT2D eigenvalue weighted by atomic mass is 16.3. The minimum atomic E-state index is 0.505. The first-order valence-electron chi connectivity index (χ1n) is 7.11. The van der Waals surface area contributed by atoms with Gasteiger partial charge in [0.05, 0.1) is 12.5 Å². The summed E-state index contributed by atoms with van der Waals surface area (Å²) >= 11 is 0. The highest BCUT2D eigenvalue weighted by Crippen LogP contribution is 2.39. The van der Waals surface area contributed by atoms with E-state index in [4.69, 9.17) is 4.42 Å². The molecule has 2 aliphatic rings. The Bertz CT molecular complexity index is 334. The molecule has 1 aromatic rings. The Morgan fingerprint density at radius 3 is 2.71 bits per heavy atom. The van der Waals surface area contributed by atoms with Gasteiger partial charge in [-0.3, -0.25) is 0 Å². The van der Waals surface area contributed by atoms with Crippen LogP contribution in [0, 0.1) is 5.41 Å². The topological polar surface area (TPSA) is 25.2 Å². The Morgan fingerprint density at radius 1 is 1.24 bits per heavy atom. The molecule has 2 nitrogen and oxygen atoms in total. The molecular formula is C15H23NO. The van der Waals surface area contributed by atoms with Gasteiger partial charge in [0.2, 0.25) is 0 Å². The highest BCUT2D eigenvalue weighted by molar-refractivity contribution is 5.10. The molecule has 1 heterocycles. The van der Waals surface area contributed by atoms with Gasteiger partial charge in [0, 0.05) is 12.6 Å². The monoisotopic (exact) mass is 233 g/mol. The molecule has 2 fully saturated rings. The molecule has 0 aromatic carbocycles. The van der Waals surface area contributed by atoms with E-state index in [2.05, 4.69) is 11.4 Å². The quantitative estimate of drug-likeness (QED) is 0.841. The lowest BCUT2D eigenvalue weighted by molar-refractivity contribution is 0.180. The van der Waals surface area contributed by atoms with Crippen molar-refractivity contribution in [1.82, 2.24) is 5.32 Å². The van der Waals surface area contributed by atoms with Crippen molar-refractivity contribution in [3.63, 3.8) is 0 Å². The van der Waals surface area contributed by atoms with Crippen molar-refractivity contribution in [3.8, 4) is 0 Å². The van der Waals surface area contributed by atoms with Gasteiger partial charge < -0.3 is 9.73 Å².